The van der Waals surface area contributed by atoms with E-state index in [-0.39, 0.29) is 48.3 Å². The van der Waals surface area contributed by atoms with Gasteiger partial charge in [0.1, 0.15) is 5.82 Å². The van der Waals surface area contributed by atoms with E-state index in [9.17, 15) is 19.1 Å². The van der Waals surface area contributed by atoms with Gasteiger partial charge in [0.2, 0.25) is 5.88 Å². The number of ether oxygens (including phenoxy) is 2. The van der Waals surface area contributed by atoms with E-state index < -0.39 is 11.9 Å². The molecule has 0 fully saturated rings. The van der Waals surface area contributed by atoms with E-state index in [0.717, 1.165) is 17.7 Å². The van der Waals surface area contributed by atoms with Crippen molar-refractivity contribution in [2.24, 2.45) is 0 Å². The van der Waals surface area contributed by atoms with Crippen molar-refractivity contribution in [3.63, 3.8) is 0 Å². The Hall–Kier alpha value is -4.34. The maximum atomic E-state index is 13.5. The molecule has 0 radical (unpaired) electrons. The molecule has 0 aliphatic carbocycles. The highest BCUT2D eigenvalue weighted by Gasteiger charge is 2.31. The number of benzene rings is 1. The second-order valence-electron chi connectivity index (χ2n) is 8.61. The summed E-state index contributed by atoms with van der Waals surface area (Å²) in [5, 5.41) is 19.8. The molecule has 0 saturated heterocycles. The highest BCUT2D eigenvalue weighted by atomic mass is 19.1. The Balaban J connectivity index is 1.78. The van der Waals surface area contributed by atoms with E-state index in [4.69, 9.17) is 14.5 Å². The molecule has 37 heavy (non-hydrogen) atoms. The molecular formula is C27H25FN4O5. The van der Waals surface area contributed by atoms with Crippen LogP contribution in [0.1, 0.15) is 58.1 Å². The molecule has 0 atom stereocenters. The molecule has 10 heteroatoms. The van der Waals surface area contributed by atoms with Crippen LogP contribution in [0.5, 0.6) is 5.88 Å². The number of halogens is 1. The van der Waals surface area contributed by atoms with Crippen molar-refractivity contribution in [2.75, 3.05) is 13.2 Å². The second kappa shape index (κ2) is 9.96. The van der Waals surface area contributed by atoms with Crippen LogP contribution in [0.3, 0.4) is 0 Å². The molecule has 9 nitrogen and oxygen atoms in total. The molecule has 0 amide bonds. The van der Waals surface area contributed by atoms with Crippen LogP contribution < -0.4 is 0 Å². The van der Waals surface area contributed by atoms with E-state index >= 15 is 0 Å². The molecule has 5 rings (SSSR count). The van der Waals surface area contributed by atoms with Crippen molar-refractivity contribution < 1.29 is 28.6 Å². The third-order valence-electron chi connectivity index (χ3n) is 6.32. The predicted molar refractivity (Wildman–Crippen MR) is 132 cm³/mol. The van der Waals surface area contributed by atoms with Gasteiger partial charge < -0.3 is 19.1 Å². The number of hydrogen-bond acceptors (Lipinski definition) is 8. The van der Waals surface area contributed by atoms with Gasteiger partial charge in [0.05, 0.1) is 41.1 Å². The molecule has 0 saturated carbocycles. The largest absolute Gasteiger partial charge is 0.494 e. The molecule has 0 unspecified atom stereocenters. The summed E-state index contributed by atoms with van der Waals surface area (Å²) in [5.74, 6) is -1.63. The Morgan fingerprint density at radius 3 is 2.43 bits per heavy atom. The number of carbonyl (C=O) groups is 2. The van der Waals surface area contributed by atoms with Gasteiger partial charge in [-0.05, 0) is 56.5 Å². The van der Waals surface area contributed by atoms with Crippen LogP contribution in [0.25, 0.3) is 22.2 Å². The van der Waals surface area contributed by atoms with Crippen LogP contribution in [-0.2, 0) is 28.9 Å². The average Bonchev–Trinajstić information content (AvgIpc) is 3.48. The first-order chi connectivity index (χ1) is 17.9. The number of aromatic hydroxyl groups is 1. The van der Waals surface area contributed by atoms with Gasteiger partial charge in [0, 0.05) is 24.2 Å². The van der Waals surface area contributed by atoms with Crippen molar-refractivity contribution in [3.05, 3.63) is 70.4 Å². The Bertz CT molecular complexity index is 1500. The van der Waals surface area contributed by atoms with E-state index in [1.165, 1.54) is 18.2 Å². The van der Waals surface area contributed by atoms with Gasteiger partial charge in [0.25, 0.3) is 0 Å². The van der Waals surface area contributed by atoms with Crippen molar-refractivity contribution in [1.29, 1.82) is 0 Å². The topological polar surface area (TPSA) is 116 Å². The molecule has 4 aromatic rings. The molecule has 1 aliphatic heterocycles. The smallest absolute Gasteiger partial charge is 0.358 e. The average molecular weight is 505 g/mol. The molecular weight excluding hydrogens is 479 g/mol. The van der Waals surface area contributed by atoms with Crippen LogP contribution in [0.15, 0.2) is 36.4 Å². The minimum atomic E-state index is -0.633. The minimum absolute atomic E-state index is 0.0138. The van der Waals surface area contributed by atoms with Crippen molar-refractivity contribution in [3.8, 4) is 17.1 Å². The molecule has 1 aliphatic rings. The number of pyridine rings is 1. The Labute approximate surface area is 211 Å². The normalized spacial score (nSPS) is 12.5. The van der Waals surface area contributed by atoms with Gasteiger partial charge in [-0.25, -0.2) is 19.0 Å². The first-order valence-electron chi connectivity index (χ1n) is 12.1. The molecule has 0 bridgehead atoms. The van der Waals surface area contributed by atoms with Gasteiger partial charge in [0.15, 0.2) is 5.69 Å². The lowest BCUT2D eigenvalue weighted by atomic mass is 9.95. The number of rotatable bonds is 7. The molecule has 0 spiro atoms. The number of carbonyl (C=O) groups excluding carboxylic acids is 2. The SMILES string of the molecule is CCOC(=O)c1ccc(-c2c(C(=O)OCC)c(Cc3ccc(F)cc3)nc3c4n(c(O)c23)CCC4)nn1. The highest BCUT2D eigenvalue weighted by Crippen LogP contribution is 2.43. The first-order valence-corrected chi connectivity index (χ1v) is 12.1. The lowest BCUT2D eigenvalue weighted by Crippen LogP contribution is -2.14. The minimum Gasteiger partial charge on any atom is -0.494 e. The van der Waals surface area contributed by atoms with Gasteiger partial charge in [-0.3, -0.25) is 0 Å². The summed E-state index contributed by atoms with van der Waals surface area (Å²) in [6, 6.07) is 8.97. The van der Waals surface area contributed by atoms with Gasteiger partial charge in [-0.1, -0.05) is 12.1 Å². The summed E-state index contributed by atoms with van der Waals surface area (Å²) >= 11 is 0. The molecule has 1 N–H and O–H groups in total. The Morgan fingerprint density at radius 2 is 1.76 bits per heavy atom. The van der Waals surface area contributed by atoms with Crippen molar-refractivity contribution in [2.45, 2.75) is 39.7 Å². The summed E-state index contributed by atoms with van der Waals surface area (Å²) in [6.45, 7) is 4.32. The fraction of sp³-hybridized carbons (Fsp3) is 0.296. The lowest BCUT2D eigenvalue weighted by molar-refractivity contribution is 0.0511. The summed E-state index contributed by atoms with van der Waals surface area (Å²) in [6.07, 6.45) is 1.79. The fourth-order valence-corrected chi connectivity index (χ4v) is 4.73. The third-order valence-corrected chi connectivity index (χ3v) is 6.32. The van der Waals surface area contributed by atoms with Crippen LogP contribution >= 0.6 is 0 Å². The monoisotopic (exact) mass is 504 g/mol. The van der Waals surface area contributed by atoms with Gasteiger partial charge >= 0.3 is 11.9 Å². The van der Waals surface area contributed by atoms with Crippen LogP contribution in [0, 0.1) is 5.82 Å². The summed E-state index contributed by atoms with van der Waals surface area (Å²) in [4.78, 5) is 30.3. The number of esters is 2. The van der Waals surface area contributed by atoms with Crippen molar-refractivity contribution >= 4 is 22.8 Å². The van der Waals surface area contributed by atoms with Gasteiger partial charge in [-0.15, -0.1) is 10.2 Å². The number of aromatic nitrogens is 4. The number of hydrogen-bond donors (Lipinski definition) is 1. The zero-order valence-corrected chi connectivity index (χ0v) is 20.5. The zero-order chi connectivity index (χ0) is 26.1. The van der Waals surface area contributed by atoms with E-state index in [1.807, 2.05) is 0 Å². The molecule has 190 valence electrons. The molecule has 3 aromatic heterocycles. The van der Waals surface area contributed by atoms with Crippen LogP contribution in [0.2, 0.25) is 0 Å². The van der Waals surface area contributed by atoms with Crippen molar-refractivity contribution in [1.82, 2.24) is 19.7 Å². The number of nitrogens with zero attached hydrogens (tertiary/aromatic N) is 4. The zero-order valence-electron chi connectivity index (χ0n) is 20.5. The predicted octanol–water partition coefficient (Wildman–Crippen LogP) is 4.23. The lowest BCUT2D eigenvalue weighted by Gasteiger charge is -2.15. The van der Waals surface area contributed by atoms with Gasteiger partial charge in [-0.2, -0.15) is 0 Å². The maximum absolute atomic E-state index is 13.5. The van der Waals surface area contributed by atoms with E-state index in [1.54, 1.807) is 36.6 Å². The fourth-order valence-electron chi connectivity index (χ4n) is 4.73. The molecule has 4 heterocycles. The summed E-state index contributed by atoms with van der Waals surface area (Å²) in [7, 11) is 0. The summed E-state index contributed by atoms with van der Waals surface area (Å²) in [5.41, 5.74) is 3.32. The van der Waals surface area contributed by atoms with Crippen LogP contribution in [0.4, 0.5) is 4.39 Å². The maximum Gasteiger partial charge on any atom is 0.358 e. The highest BCUT2D eigenvalue weighted by molar-refractivity contribution is 6.10. The van der Waals surface area contributed by atoms with E-state index in [2.05, 4.69) is 10.2 Å². The number of aryl methyl sites for hydroxylation is 1. The Kier molecular flexibility index (Phi) is 6.56. The second-order valence-corrected chi connectivity index (χ2v) is 8.61. The Morgan fingerprint density at radius 1 is 1.03 bits per heavy atom. The number of fused-ring (bicyclic) bond motifs is 3. The standard InChI is InChI=1S/C27H25FN4O5/c1-3-36-26(34)18-12-11-17(30-31-18)21-22(27(35)37-4-2)19(14-15-7-9-16(28)10-8-15)29-24-20-6-5-13-32(20)25(33)23(21)24/h7-12,33H,3-6,13-14H2,1-2H3. The summed E-state index contributed by atoms with van der Waals surface area (Å²) < 4.78 is 25.7. The first kappa shape index (κ1) is 24.4. The van der Waals surface area contributed by atoms with E-state index in [0.29, 0.717) is 35.1 Å². The quantitative estimate of drug-likeness (QED) is 0.372. The molecule has 1 aromatic carbocycles. The third kappa shape index (κ3) is 4.39. The van der Waals surface area contributed by atoms with Crippen LogP contribution in [-0.4, -0.2) is 50.0 Å².